The minimum Gasteiger partial charge on any atom is -0.363 e. The van der Waals surface area contributed by atoms with Gasteiger partial charge in [0.25, 0.3) is 5.56 Å². The monoisotopic (exact) mass is 237 g/mol. The fraction of sp³-hybridized carbons (Fsp3) is 0.333. The van der Waals surface area contributed by atoms with Crippen LogP contribution in [0.4, 0.5) is 5.13 Å². The molecule has 0 fully saturated rings. The van der Waals surface area contributed by atoms with Crippen molar-refractivity contribution >= 4 is 16.5 Å². The highest BCUT2D eigenvalue weighted by Crippen LogP contribution is 2.14. The minimum absolute atomic E-state index is 0.0753. The number of aryl methyl sites for hydroxylation is 1. The van der Waals surface area contributed by atoms with Crippen molar-refractivity contribution < 1.29 is 0 Å². The maximum atomic E-state index is 11.6. The quantitative estimate of drug-likeness (QED) is 0.841. The molecule has 2 rings (SSSR count). The van der Waals surface area contributed by atoms with E-state index < -0.39 is 0 Å². The molecule has 0 spiro atoms. The molecule has 0 aliphatic carbocycles. The first-order valence-electron chi connectivity index (χ1n) is 4.72. The molecule has 1 N–H and O–H groups in total. The van der Waals surface area contributed by atoms with Gasteiger partial charge in [-0.1, -0.05) is 11.3 Å². The molecular formula is C9H11N5OS. The molecule has 0 amide bonds. The third-order valence-electron chi connectivity index (χ3n) is 2.00. The zero-order valence-electron chi connectivity index (χ0n) is 8.97. The molecule has 0 aliphatic rings. The third kappa shape index (κ3) is 2.25. The second-order valence-electron chi connectivity index (χ2n) is 3.25. The Labute approximate surface area is 96.0 Å². The summed E-state index contributed by atoms with van der Waals surface area (Å²) in [5, 5.41) is 12.3. The summed E-state index contributed by atoms with van der Waals surface area (Å²) in [5.41, 5.74) is 0.642. The van der Waals surface area contributed by atoms with Crippen molar-refractivity contribution in [2.24, 2.45) is 0 Å². The normalized spacial score (nSPS) is 10.4. The van der Waals surface area contributed by atoms with E-state index in [4.69, 9.17) is 0 Å². The van der Waals surface area contributed by atoms with E-state index in [1.54, 1.807) is 14.0 Å². The number of rotatable bonds is 3. The Morgan fingerprint density at radius 1 is 1.50 bits per heavy atom. The average molecular weight is 237 g/mol. The van der Waals surface area contributed by atoms with E-state index in [0.29, 0.717) is 6.54 Å². The van der Waals surface area contributed by atoms with Crippen molar-refractivity contribution in [1.29, 1.82) is 0 Å². The molecule has 84 valence electrons. The van der Waals surface area contributed by atoms with Crippen LogP contribution in [0, 0.1) is 6.92 Å². The molecule has 0 saturated heterocycles. The molecule has 7 heteroatoms. The highest BCUT2D eigenvalue weighted by atomic mass is 32.1. The van der Waals surface area contributed by atoms with E-state index in [-0.39, 0.29) is 5.56 Å². The Bertz CT molecular complexity index is 547. The average Bonchev–Trinajstić information content (AvgIpc) is 2.70. The highest BCUT2D eigenvalue weighted by molar-refractivity contribution is 7.15. The van der Waals surface area contributed by atoms with Gasteiger partial charge in [0.1, 0.15) is 5.01 Å². The lowest BCUT2D eigenvalue weighted by Gasteiger charge is -2.01. The molecule has 0 bridgehead atoms. The lowest BCUT2D eigenvalue weighted by molar-refractivity contribution is 0.718. The molecule has 2 aromatic heterocycles. The van der Waals surface area contributed by atoms with Crippen LogP contribution in [0.5, 0.6) is 0 Å². The largest absolute Gasteiger partial charge is 0.363 e. The predicted molar refractivity (Wildman–Crippen MR) is 61.8 cm³/mol. The van der Waals surface area contributed by atoms with Gasteiger partial charge in [-0.25, -0.2) is 4.98 Å². The lowest BCUT2D eigenvalue weighted by atomic mass is 10.4. The first-order valence-corrected chi connectivity index (χ1v) is 5.54. The van der Waals surface area contributed by atoms with Gasteiger partial charge in [-0.05, 0) is 6.92 Å². The van der Waals surface area contributed by atoms with Crippen molar-refractivity contribution in [3.05, 3.63) is 33.4 Å². The molecule has 0 aromatic carbocycles. The fourth-order valence-corrected chi connectivity index (χ4v) is 1.89. The van der Waals surface area contributed by atoms with Crippen LogP contribution >= 0.6 is 11.3 Å². The molecule has 16 heavy (non-hydrogen) atoms. The number of nitrogens with one attached hydrogen (secondary N) is 1. The summed E-state index contributed by atoms with van der Waals surface area (Å²) in [6, 6.07) is 1.50. The van der Waals surface area contributed by atoms with Gasteiger partial charge in [0.05, 0.1) is 12.9 Å². The zero-order chi connectivity index (χ0) is 11.5. The van der Waals surface area contributed by atoms with E-state index in [2.05, 4.69) is 20.5 Å². The van der Waals surface area contributed by atoms with Gasteiger partial charge in [-0.15, -0.1) is 10.2 Å². The van der Waals surface area contributed by atoms with Crippen molar-refractivity contribution in [1.82, 2.24) is 19.7 Å². The molecule has 2 aromatic rings. The van der Waals surface area contributed by atoms with Crippen LogP contribution in [0.15, 0.2) is 17.2 Å². The number of nitrogens with zero attached hydrogens (tertiary/aromatic N) is 4. The highest BCUT2D eigenvalue weighted by Gasteiger charge is 2.04. The number of hydrogen-bond donors (Lipinski definition) is 1. The van der Waals surface area contributed by atoms with Crippen LogP contribution in [-0.2, 0) is 6.54 Å². The van der Waals surface area contributed by atoms with E-state index in [9.17, 15) is 4.79 Å². The third-order valence-corrected chi connectivity index (χ3v) is 2.93. The first kappa shape index (κ1) is 10.7. The Morgan fingerprint density at radius 3 is 2.94 bits per heavy atom. The molecule has 0 unspecified atom stereocenters. The Morgan fingerprint density at radius 2 is 2.31 bits per heavy atom. The molecule has 0 radical (unpaired) electrons. The van der Waals surface area contributed by atoms with Crippen LogP contribution in [-0.4, -0.2) is 26.8 Å². The maximum absolute atomic E-state index is 11.6. The predicted octanol–water partition coefficient (Wildman–Crippen LogP) is 0.493. The minimum atomic E-state index is -0.0753. The van der Waals surface area contributed by atoms with Gasteiger partial charge >= 0.3 is 0 Å². The summed E-state index contributed by atoms with van der Waals surface area (Å²) >= 11 is 1.42. The zero-order valence-corrected chi connectivity index (χ0v) is 9.78. The Hall–Kier alpha value is -1.76. The second-order valence-corrected chi connectivity index (χ2v) is 4.31. The molecule has 0 atom stereocenters. The van der Waals surface area contributed by atoms with Crippen LogP contribution in [0.1, 0.15) is 10.7 Å². The van der Waals surface area contributed by atoms with Gasteiger partial charge in [0, 0.05) is 18.8 Å². The van der Waals surface area contributed by atoms with Gasteiger partial charge < -0.3 is 5.32 Å². The number of aromatic nitrogens is 4. The van der Waals surface area contributed by atoms with Crippen LogP contribution in [0.2, 0.25) is 0 Å². The topological polar surface area (TPSA) is 72.7 Å². The van der Waals surface area contributed by atoms with Gasteiger partial charge in [-0.3, -0.25) is 9.36 Å². The van der Waals surface area contributed by atoms with E-state index in [1.165, 1.54) is 28.3 Å². The van der Waals surface area contributed by atoms with Gasteiger partial charge in [-0.2, -0.15) is 0 Å². The summed E-state index contributed by atoms with van der Waals surface area (Å²) < 4.78 is 1.51. The Balaban J connectivity index is 2.23. The van der Waals surface area contributed by atoms with Crippen LogP contribution in [0.25, 0.3) is 0 Å². The van der Waals surface area contributed by atoms with Gasteiger partial charge in [0.2, 0.25) is 5.13 Å². The molecule has 6 nitrogen and oxygen atoms in total. The molecular weight excluding hydrogens is 226 g/mol. The summed E-state index contributed by atoms with van der Waals surface area (Å²) in [5.74, 6) is 0. The SMILES string of the molecule is CNc1nnc(Cn2cnc(C)cc2=O)s1. The lowest BCUT2D eigenvalue weighted by Crippen LogP contribution is -2.20. The maximum Gasteiger partial charge on any atom is 0.253 e. The van der Waals surface area contributed by atoms with Crippen LogP contribution < -0.4 is 10.9 Å². The van der Waals surface area contributed by atoms with Crippen molar-refractivity contribution in [3.63, 3.8) is 0 Å². The van der Waals surface area contributed by atoms with Crippen molar-refractivity contribution in [3.8, 4) is 0 Å². The van der Waals surface area contributed by atoms with E-state index in [1.807, 2.05) is 0 Å². The fourth-order valence-electron chi connectivity index (χ4n) is 1.20. The van der Waals surface area contributed by atoms with Crippen LogP contribution in [0.3, 0.4) is 0 Å². The molecule has 0 aliphatic heterocycles. The summed E-state index contributed by atoms with van der Waals surface area (Å²) in [6.07, 6.45) is 1.53. The summed E-state index contributed by atoms with van der Waals surface area (Å²) in [7, 11) is 1.78. The van der Waals surface area contributed by atoms with Crippen molar-refractivity contribution in [2.75, 3.05) is 12.4 Å². The second kappa shape index (κ2) is 4.40. The number of hydrogen-bond acceptors (Lipinski definition) is 6. The van der Waals surface area contributed by atoms with Crippen molar-refractivity contribution in [2.45, 2.75) is 13.5 Å². The number of anilines is 1. The summed E-state index contributed by atoms with van der Waals surface area (Å²) in [4.78, 5) is 15.7. The Kier molecular flexibility index (Phi) is 2.95. The standard InChI is InChI=1S/C9H11N5OS/c1-6-3-8(15)14(5-11-6)4-7-12-13-9(10-2)16-7/h3,5H,4H2,1-2H3,(H,10,13). The van der Waals surface area contributed by atoms with E-state index >= 15 is 0 Å². The van der Waals surface area contributed by atoms with E-state index in [0.717, 1.165) is 15.8 Å². The first-order chi connectivity index (χ1) is 7.69. The smallest absolute Gasteiger partial charge is 0.253 e. The molecule has 2 heterocycles. The van der Waals surface area contributed by atoms with Gasteiger partial charge in [0.15, 0.2) is 0 Å². The molecule has 0 saturated carbocycles. The summed E-state index contributed by atoms with van der Waals surface area (Å²) in [6.45, 7) is 2.20.